The van der Waals surface area contributed by atoms with Crippen molar-refractivity contribution in [2.24, 2.45) is 0 Å². The highest BCUT2D eigenvalue weighted by atomic mass is 32.2. The molecule has 0 saturated heterocycles. The minimum absolute atomic E-state index is 0.0501. The second-order valence-corrected chi connectivity index (χ2v) is 10.6. The molecular formula is C21H22N4O6S3. The number of thioether (sulfide) groups is 1. The highest BCUT2D eigenvalue weighted by Crippen LogP contribution is 2.27. The molecule has 1 N–H and O–H groups in total. The van der Waals surface area contributed by atoms with E-state index in [1.165, 1.54) is 19.2 Å². The van der Waals surface area contributed by atoms with E-state index in [-0.39, 0.29) is 15.8 Å². The van der Waals surface area contributed by atoms with Gasteiger partial charge in [0.2, 0.25) is 11.0 Å². The number of aromatic nitrogens is 2. The number of methoxy groups -OCH3 is 1. The van der Waals surface area contributed by atoms with Crippen LogP contribution in [-0.4, -0.2) is 56.5 Å². The van der Waals surface area contributed by atoms with E-state index >= 15 is 0 Å². The summed E-state index contributed by atoms with van der Waals surface area (Å²) < 4.78 is 38.2. The van der Waals surface area contributed by atoms with Crippen molar-refractivity contribution in [1.29, 1.82) is 0 Å². The Balaban J connectivity index is 1.79. The summed E-state index contributed by atoms with van der Waals surface area (Å²) >= 11 is 2.18. The third-order valence-corrected chi connectivity index (χ3v) is 7.98. The third-order valence-electron chi connectivity index (χ3n) is 4.25. The number of sulfonamides is 1. The van der Waals surface area contributed by atoms with Gasteiger partial charge in [-0.1, -0.05) is 41.3 Å². The number of amides is 1. The highest BCUT2D eigenvalue weighted by Gasteiger charge is 2.27. The van der Waals surface area contributed by atoms with Crippen molar-refractivity contribution >= 4 is 55.8 Å². The Hall–Kier alpha value is -3.16. The molecule has 0 atom stereocenters. The summed E-state index contributed by atoms with van der Waals surface area (Å²) in [6, 6.07) is 14.3. The van der Waals surface area contributed by atoms with E-state index in [1.54, 1.807) is 42.5 Å². The molecule has 13 heteroatoms. The standard InChI is InChI=1S/C21H22N4O6S3/c1-3-31-16-11-9-15(10-12-16)25(34(28,29)17-7-5-4-6-8-17)13-18(26)22-20-23-24-21(33-20)32-14-19(27)30-2/h4-12H,3,13-14H2,1-2H3,(H,22,23,26). The zero-order valence-corrected chi connectivity index (χ0v) is 20.8. The van der Waals surface area contributed by atoms with Gasteiger partial charge < -0.3 is 9.47 Å². The van der Waals surface area contributed by atoms with E-state index in [0.29, 0.717) is 22.4 Å². The van der Waals surface area contributed by atoms with Crippen LogP contribution < -0.4 is 14.4 Å². The van der Waals surface area contributed by atoms with Crippen LogP contribution in [0.1, 0.15) is 6.92 Å². The van der Waals surface area contributed by atoms with Crippen molar-refractivity contribution in [3.63, 3.8) is 0 Å². The van der Waals surface area contributed by atoms with Crippen molar-refractivity contribution in [2.75, 3.05) is 35.6 Å². The van der Waals surface area contributed by atoms with Gasteiger partial charge in [0.05, 0.1) is 30.1 Å². The predicted octanol–water partition coefficient (Wildman–Crippen LogP) is 3.04. The number of anilines is 2. The largest absolute Gasteiger partial charge is 0.494 e. The molecule has 10 nitrogen and oxygen atoms in total. The SMILES string of the molecule is CCOc1ccc(N(CC(=O)Nc2nnc(SCC(=O)OC)s2)S(=O)(=O)c2ccccc2)cc1. The van der Waals surface area contributed by atoms with E-state index in [2.05, 4.69) is 20.3 Å². The molecule has 0 spiro atoms. The summed E-state index contributed by atoms with van der Waals surface area (Å²) in [6.45, 7) is 1.82. The zero-order chi connectivity index (χ0) is 24.6. The number of rotatable bonds is 11. The molecule has 2 aromatic carbocycles. The molecule has 1 heterocycles. The molecule has 180 valence electrons. The molecule has 0 saturated carbocycles. The number of hydrogen-bond donors (Lipinski definition) is 1. The minimum Gasteiger partial charge on any atom is -0.494 e. The van der Waals surface area contributed by atoms with E-state index < -0.39 is 28.4 Å². The average molecular weight is 523 g/mol. The Morgan fingerprint density at radius 2 is 1.79 bits per heavy atom. The van der Waals surface area contributed by atoms with Crippen molar-refractivity contribution in [3.8, 4) is 5.75 Å². The van der Waals surface area contributed by atoms with Crippen LogP contribution in [0.25, 0.3) is 0 Å². The maximum atomic E-state index is 13.4. The first kappa shape index (κ1) is 25.5. The molecule has 0 aliphatic heterocycles. The van der Waals surface area contributed by atoms with Crippen LogP contribution in [0, 0.1) is 0 Å². The molecular weight excluding hydrogens is 500 g/mol. The molecule has 0 aliphatic carbocycles. The van der Waals surface area contributed by atoms with E-state index in [1.807, 2.05) is 6.92 Å². The van der Waals surface area contributed by atoms with Crippen LogP contribution in [0.2, 0.25) is 0 Å². The summed E-state index contributed by atoms with van der Waals surface area (Å²) in [5.41, 5.74) is 0.300. The van der Waals surface area contributed by atoms with Gasteiger partial charge in [-0.25, -0.2) is 8.42 Å². The number of ether oxygens (including phenoxy) is 2. The fraction of sp³-hybridized carbons (Fsp3) is 0.238. The van der Waals surface area contributed by atoms with Crippen LogP contribution in [0.4, 0.5) is 10.8 Å². The van der Waals surface area contributed by atoms with Crippen LogP contribution in [0.3, 0.4) is 0 Å². The lowest BCUT2D eigenvalue weighted by atomic mass is 10.3. The Bertz CT molecular complexity index is 1220. The van der Waals surface area contributed by atoms with Crippen molar-refractivity contribution in [3.05, 3.63) is 54.6 Å². The molecule has 0 radical (unpaired) electrons. The molecule has 0 unspecified atom stereocenters. The van der Waals surface area contributed by atoms with Crippen LogP contribution in [0.5, 0.6) is 5.75 Å². The van der Waals surface area contributed by atoms with Gasteiger partial charge in [0, 0.05) is 0 Å². The fourth-order valence-corrected chi connectivity index (χ4v) is 5.74. The van der Waals surface area contributed by atoms with Gasteiger partial charge in [-0.15, -0.1) is 10.2 Å². The lowest BCUT2D eigenvalue weighted by molar-refractivity contribution is -0.137. The highest BCUT2D eigenvalue weighted by molar-refractivity contribution is 8.01. The topological polar surface area (TPSA) is 128 Å². The van der Waals surface area contributed by atoms with Crippen LogP contribution in [0.15, 0.2) is 63.8 Å². The van der Waals surface area contributed by atoms with E-state index in [4.69, 9.17) is 4.74 Å². The first-order valence-corrected chi connectivity index (χ1v) is 13.2. The quantitative estimate of drug-likeness (QED) is 0.230. The van der Waals surface area contributed by atoms with Gasteiger partial charge in [-0.05, 0) is 43.3 Å². The number of nitrogens with zero attached hydrogens (tertiary/aromatic N) is 3. The number of hydrogen-bond acceptors (Lipinski definition) is 10. The van der Waals surface area contributed by atoms with E-state index in [0.717, 1.165) is 27.4 Å². The summed E-state index contributed by atoms with van der Waals surface area (Å²) in [5.74, 6) is -0.379. The summed E-state index contributed by atoms with van der Waals surface area (Å²) in [5, 5.41) is 10.5. The number of carbonyl (C=O) groups is 2. The van der Waals surface area contributed by atoms with Crippen molar-refractivity contribution in [2.45, 2.75) is 16.2 Å². The Labute approximate surface area is 205 Å². The third kappa shape index (κ3) is 6.68. The van der Waals surface area contributed by atoms with Crippen molar-refractivity contribution < 1.29 is 27.5 Å². The molecule has 1 amide bonds. The first-order chi connectivity index (χ1) is 16.3. The summed E-state index contributed by atoms with van der Waals surface area (Å²) in [7, 11) is -2.75. The average Bonchev–Trinajstić information content (AvgIpc) is 3.29. The monoisotopic (exact) mass is 522 g/mol. The maximum absolute atomic E-state index is 13.4. The lowest BCUT2D eigenvalue weighted by Crippen LogP contribution is -2.38. The number of esters is 1. The predicted molar refractivity (Wildman–Crippen MR) is 130 cm³/mol. The fourth-order valence-electron chi connectivity index (χ4n) is 2.70. The molecule has 0 aliphatic rings. The smallest absolute Gasteiger partial charge is 0.316 e. The Morgan fingerprint density at radius 1 is 1.09 bits per heavy atom. The van der Waals surface area contributed by atoms with E-state index in [9.17, 15) is 18.0 Å². The van der Waals surface area contributed by atoms with Gasteiger partial charge in [0.1, 0.15) is 12.3 Å². The minimum atomic E-state index is -4.04. The second kappa shape index (κ2) is 11.8. The molecule has 1 aromatic heterocycles. The zero-order valence-electron chi connectivity index (χ0n) is 18.3. The first-order valence-electron chi connectivity index (χ1n) is 9.97. The van der Waals surface area contributed by atoms with Gasteiger partial charge >= 0.3 is 5.97 Å². The number of carbonyl (C=O) groups excluding carboxylic acids is 2. The normalized spacial score (nSPS) is 11.0. The van der Waals surface area contributed by atoms with Crippen LogP contribution >= 0.6 is 23.1 Å². The molecule has 3 rings (SSSR count). The lowest BCUT2D eigenvalue weighted by Gasteiger charge is -2.24. The summed E-state index contributed by atoms with van der Waals surface area (Å²) in [4.78, 5) is 24.1. The van der Waals surface area contributed by atoms with Crippen LogP contribution in [-0.2, 0) is 24.3 Å². The maximum Gasteiger partial charge on any atom is 0.316 e. The molecule has 3 aromatic rings. The van der Waals surface area contributed by atoms with Gasteiger partial charge in [0.15, 0.2) is 4.34 Å². The van der Waals surface area contributed by atoms with Gasteiger partial charge in [0.25, 0.3) is 10.0 Å². The van der Waals surface area contributed by atoms with Crippen molar-refractivity contribution in [1.82, 2.24) is 10.2 Å². The molecule has 34 heavy (non-hydrogen) atoms. The van der Waals surface area contributed by atoms with Gasteiger partial charge in [-0.2, -0.15) is 0 Å². The second-order valence-electron chi connectivity index (χ2n) is 6.54. The molecule has 0 fully saturated rings. The Kier molecular flexibility index (Phi) is 8.85. The summed E-state index contributed by atoms with van der Waals surface area (Å²) in [6.07, 6.45) is 0. The number of benzene rings is 2. The van der Waals surface area contributed by atoms with Gasteiger partial charge in [-0.3, -0.25) is 19.2 Å². The number of nitrogens with one attached hydrogen (secondary N) is 1. The Morgan fingerprint density at radius 3 is 2.44 bits per heavy atom. The molecule has 0 bridgehead atoms.